The molecule has 5 nitrogen and oxygen atoms in total. The van der Waals surface area contributed by atoms with Gasteiger partial charge in [-0.15, -0.1) is 0 Å². The summed E-state index contributed by atoms with van der Waals surface area (Å²) in [6.45, 7) is 7.73. The molecule has 0 bridgehead atoms. The van der Waals surface area contributed by atoms with Gasteiger partial charge in [-0.25, -0.2) is 0 Å². The number of methoxy groups -OCH3 is 1. The fourth-order valence-corrected chi connectivity index (χ4v) is 4.14. The lowest BCUT2D eigenvalue weighted by atomic mass is 10.1. The summed E-state index contributed by atoms with van der Waals surface area (Å²) in [5.74, 6) is 0.616. The summed E-state index contributed by atoms with van der Waals surface area (Å²) in [4.78, 5) is 16.9. The van der Waals surface area contributed by atoms with Crippen LogP contribution in [0.2, 0.25) is 5.02 Å². The third-order valence-electron chi connectivity index (χ3n) is 5.54. The molecule has 2 heterocycles. The molecule has 0 atom stereocenters. The predicted molar refractivity (Wildman–Crippen MR) is 116 cm³/mol. The molecule has 6 heteroatoms. The smallest absolute Gasteiger partial charge is 0.262 e. The van der Waals surface area contributed by atoms with E-state index in [9.17, 15) is 4.79 Å². The van der Waals surface area contributed by atoms with Gasteiger partial charge in [0.25, 0.3) is 5.91 Å². The second-order valence-electron chi connectivity index (χ2n) is 7.40. The van der Waals surface area contributed by atoms with Crippen LogP contribution in [0.3, 0.4) is 0 Å². The van der Waals surface area contributed by atoms with Crippen LogP contribution in [0.25, 0.3) is 5.57 Å². The number of likely N-dealkylation sites (tertiary alicyclic amines) is 1. The predicted octanol–water partition coefficient (Wildman–Crippen LogP) is 4.52. The summed E-state index contributed by atoms with van der Waals surface area (Å²) >= 11 is 6.33. The summed E-state index contributed by atoms with van der Waals surface area (Å²) in [5, 5.41) is 0.530. The average molecular weight is 413 g/mol. The van der Waals surface area contributed by atoms with Gasteiger partial charge in [0.05, 0.1) is 23.0 Å². The molecule has 2 aliphatic rings. The normalized spacial score (nSPS) is 17.7. The SMILES string of the molecule is C=C1C(=O)N(c2ccccc2Cl)c2ccc(OC3CCN(CCOC)CC3)cc21. The highest BCUT2D eigenvalue weighted by Gasteiger charge is 2.33. The van der Waals surface area contributed by atoms with Gasteiger partial charge < -0.3 is 14.4 Å². The molecule has 152 valence electrons. The van der Waals surface area contributed by atoms with Crippen LogP contribution in [0.4, 0.5) is 11.4 Å². The fourth-order valence-electron chi connectivity index (χ4n) is 3.92. The van der Waals surface area contributed by atoms with Gasteiger partial charge in [0.2, 0.25) is 0 Å². The van der Waals surface area contributed by atoms with Crippen LogP contribution in [0.5, 0.6) is 5.75 Å². The van der Waals surface area contributed by atoms with Gasteiger partial charge in [-0.3, -0.25) is 9.69 Å². The number of halogens is 1. The molecule has 2 aliphatic heterocycles. The lowest BCUT2D eigenvalue weighted by Gasteiger charge is -2.32. The highest BCUT2D eigenvalue weighted by Crippen LogP contribution is 2.44. The molecule has 1 saturated heterocycles. The number of amides is 1. The zero-order valence-corrected chi connectivity index (χ0v) is 17.3. The topological polar surface area (TPSA) is 42.0 Å². The van der Waals surface area contributed by atoms with Gasteiger partial charge in [-0.2, -0.15) is 0 Å². The van der Waals surface area contributed by atoms with Crippen LogP contribution in [0.1, 0.15) is 18.4 Å². The van der Waals surface area contributed by atoms with E-state index in [1.807, 2.05) is 36.4 Å². The number of carbonyl (C=O) groups excluding carboxylic acids is 1. The molecule has 0 saturated carbocycles. The Hall–Kier alpha value is -2.34. The number of benzene rings is 2. The molecular weight excluding hydrogens is 388 g/mol. The van der Waals surface area contributed by atoms with E-state index in [4.69, 9.17) is 21.1 Å². The standard InChI is InChI=1S/C23H25ClN2O3/c1-16-19-15-18(29-17-9-11-25(12-10-17)13-14-28-2)7-8-21(19)26(23(16)27)22-6-4-3-5-20(22)24/h3-8,15,17H,1,9-14H2,2H3. The highest BCUT2D eigenvalue weighted by molar-refractivity contribution is 6.39. The van der Waals surface area contributed by atoms with Crippen molar-refractivity contribution in [1.82, 2.24) is 4.90 Å². The van der Waals surface area contributed by atoms with E-state index in [0.29, 0.717) is 16.3 Å². The largest absolute Gasteiger partial charge is 0.490 e. The van der Waals surface area contributed by atoms with Crippen LogP contribution in [-0.2, 0) is 9.53 Å². The van der Waals surface area contributed by atoms with Gasteiger partial charge in [0.15, 0.2) is 0 Å². The van der Waals surface area contributed by atoms with Crippen molar-refractivity contribution in [2.24, 2.45) is 0 Å². The van der Waals surface area contributed by atoms with E-state index < -0.39 is 0 Å². The molecule has 1 fully saturated rings. The molecule has 0 radical (unpaired) electrons. The molecule has 2 aromatic carbocycles. The van der Waals surface area contributed by atoms with Crippen molar-refractivity contribution in [3.8, 4) is 5.75 Å². The van der Waals surface area contributed by atoms with Gasteiger partial charge in [-0.05, 0) is 43.2 Å². The van der Waals surface area contributed by atoms with Crippen molar-refractivity contribution in [1.29, 1.82) is 0 Å². The Kier molecular flexibility index (Phi) is 5.90. The van der Waals surface area contributed by atoms with Crippen LogP contribution in [0, 0.1) is 0 Å². The minimum atomic E-state index is -0.156. The fraction of sp³-hybridized carbons (Fsp3) is 0.348. The Morgan fingerprint density at radius 2 is 1.90 bits per heavy atom. The first kappa shape index (κ1) is 20.0. The summed E-state index contributed by atoms with van der Waals surface area (Å²) in [6.07, 6.45) is 2.13. The van der Waals surface area contributed by atoms with Gasteiger partial charge in [-0.1, -0.05) is 30.3 Å². The zero-order chi connectivity index (χ0) is 20.4. The zero-order valence-electron chi connectivity index (χ0n) is 16.6. The molecule has 0 spiro atoms. The maximum absolute atomic E-state index is 12.8. The Balaban J connectivity index is 1.49. The van der Waals surface area contributed by atoms with Crippen molar-refractivity contribution in [3.05, 3.63) is 59.6 Å². The number of carbonyl (C=O) groups is 1. The highest BCUT2D eigenvalue weighted by atomic mass is 35.5. The molecule has 0 unspecified atom stereocenters. The number of para-hydroxylation sites is 1. The lowest BCUT2D eigenvalue weighted by molar-refractivity contribution is -0.112. The Labute approximate surface area is 176 Å². The third kappa shape index (κ3) is 4.04. The number of anilines is 2. The third-order valence-corrected chi connectivity index (χ3v) is 5.86. The molecule has 1 amide bonds. The summed E-state index contributed by atoms with van der Waals surface area (Å²) in [5.41, 5.74) is 2.70. The first-order valence-corrected chi connectivity index (χ1v) is 10.3. The second kappa shape index (κ2) is 8.57. The summed E-state index contributed by atoms with van der Waals surface area (Å²) < 4.78 is 11.4. The van der Waals surface area contributed by atoms with Crippen molar-refractivity contribution in [2.45, 2.75) is 18.9 Å². The Bertz CT molecular complexity index is 922. The first-order valence-electron chi connectivity index (χ1n) is 9.88. The number of fused-ring (bicyclic) bond motifs is 1. The number of hydrogen-bond donors (Lipinski definition) is 0. The van der Waals surface area contributed by atoms with E-state index in [-0.39, 0.29) is 12.0 Å². The van der Waals surface area contributed by atoms with Crippen LogP contribution >= 0.6 is 11.6 Å². The van der Waals surface area contributed by atoms with E-state index in [0.717, 1.165) is 56.1 Å². The van der Waals surface area contributed by atoms with Crippen LogP contribution in [0.15, 0.2) is 49.0 Å². The van der Waals surface area contributed by atoms with E-state index in [2.05, 4.69) is 11.5 Å². The van der Waals surface area contributed by atoms with Crippen molar-refractivity contribution in [3.63, 3.8) is 0 Å². The van der Waals surface area contributed by atoms with Crippen molar-refractivity contribution < 1.29 is 14.3 Å². The lowest BCUT2D eigenvalue weighted by Crippen LogP contribution is -2.39. The molecule has 29 heavy (non-hydrogen) atoms. The summed E-state index contributed by atoms with van der Waals surface area (Å²) in [6, 6.07) is 13.1. The number of piperidine rings is 1. The molecular formula is C23H25ClN2O3. The van der Waals surface area contributed by atoms with Gasteiger partial charge >= 0.3 is 0 Å². The number of ether oxygens (including phenoxy) is 2. The molecule has 0 N–H and O–H groups in total. The minimum Gasteiger partial charge on any atom is -0.490 e. The number of nitrogens with zero attached hydrogens (tertiary/aromatic N) is 2. The maximum atomic E-state index is 12.8. The Morgan fingerprint density at radius 3 is 2.62 bits per heavy atom. The monoisotopic (exact) mass is 412 g/mol. The van der Waals surface area contributed by atoms with Gasteiger partial charge in [0, 0.05) is 37.9 Å². The molecule has 4 rings (SSSR count). The second-order valence-corrected chi connectivity index (χ2v) is 7.81. The molecule has 0 aliphatic carbocycles. The van der Waals surface area contributed by atoms with Crippen LogP contribution < -0.4 is 9.64 Å². The Morgan fingerprint density at radius 1 is 1.14 bits per heavy atom. The number of hydrogen-bond acceptors (Lipinski definition) is 4. The van der Waals surface area contributed by atoms with E-state index >= 15 is 0 Å². The van der Waals surface area contributed by atoms with Crippen LogP contribution in [-0.4, -0.2) is 50.3 Å². The average Bonchev–Trinajstić information content (AvgIpc) is 2.98. The van der Waals surface area contributed by atoms with Crippen molar-refractivity contribution >= 4 is 34.5 Å². The van der Waals surface area contributed by atoms with Gasteiger partial charge in [0.1, 0.15) is 11.9 Å². The van der Waals surface area contributed by atoms with Crippen molar-refractivity contribution in [2.75, 3.05) is 38.3 Å². The maximum Gasteiger partial charge on any atom is 0.262 e. The quantitative estimate of drug-likeness (QED) is 0.654. The first-order chi connectivity index (χ1) is 14.1. The summed E-state index contributed by atoms with van der Waals surface area (Å²) in [7, 11) is 1.73. The number of rotatable bonds is 6. The molecule has 0 aromatic heterocycles. The van der Waals surface area contributed by atoms with E-state index in [1.54, 1.807) is 18.1 Å². The molecule has 2 aromatic rings. The van der Waals surface area contributed by atoms with E-state index in [1.165, 1.54) is 0 Å². The minimum absolute atomic E-state index is 0.156.